The number of sulfonamides is 2. The van der Waals surface area contributed by atoms with Crippen LogP contribution in [0.3, 0.4) is 0 Å². The quantitative estimate of drug-likeness (QED) is 0.499. The van der Waals surface area contributed by atoms with E-state index in [-0.39, 0.29) is 11.6 Å². The molecule has 0 fully saturated rings. The van der Waals surface area contributed by atoms with Crippen molar-refractivity contribution < 1.29 is 35.1 Å². The summed E-state index contributed by atoms with van der Waals surface area (Å²) in [5, 5.41) is 7.95. The fourth-order valence-electron chi connectivity index (χ4n) is 2.30. The Hall–Kier alpha value is -2.24. The molecule has 0 spiro atoms. The number of hydrogen-bond acceptors (Lipinski definition) is 10. The van der Waals surface area contributed by atoms with E-state index in [1.54, 1.807) is 0 Å². The molecule has 2 heterocycles. The molecule has 4 atom stereocenters. The van der Waals surface area contributed by atoms with Gasteiger partial charge in [-0.2, -0.15) is 0 Å². The average Bonchev–Trinajstić information content (AvgIpc) is 2.71. The van der Waals surface area contributed by atoms with Crippen LogP contribution >= 0.6 is 0 Å². The number of halogens is 2. The van der Waals surface area contributed by atoms with Crippen LogP contribution in [0.15, 0.2) is 24.8 Å². The zero-order chi connectivity index (χ0) is 24.7. The lowest BCUT2D eigenvalue weighted by atomic mass is 10.2. The third-order valence-electron chi connectivity index (χ3n) is 4.19. The van der Waals surface area contributed by atoms with Gasteiger partial charge in [-0.1, -0.05) is 0 Å². The minimum absolute atomic E-state index is 0.0745. The molecule has 0 aliphatic rings. The minimum atomic E-state index is -3.77. The first-order valence-corrected chi connectivity index (χ1v) is 12.0. The Morgan fingerprint density at radius 1 is 0.719 bits per heavy atom. The molecule has 2 aromatic rings. The van der Waals surface area contributed by atoms with Crippen molar-refractivity contribution in [2.45, 2.75) is 36.6 Å². The minimum Gasteiger partial charge on any atom is -0.372 e. The molecule has 4 N–H and O–H groups in total. The van der Waals surface area contributed by atoms with Crippen molar-refractivity contribution in [2.24, 2.45) is 10.3 Å². The Balaban J connectivity index is 0.000000320. The second kappa shape index (κ2) is 11.6. The van der Waals surface area contributed by atoms with Gasteiger partial charge in [0, 0.05) is 14.2 Å². The fourth-order valence-corrected chi connectivity index (χ4v) is 3.45. The van der Waals surface area contributed by atoms with E-state index >= 15 is 0 Å². The molecule has 0 bridgehead atoms. The van der Waals surface area contributed by atoms with Crippen LogP contribution in [0.25, 0.3) is 0 Å². The lowest BCUT2D eigenvalue weighted by Crippen LogP contribution is -2.33. The molecule has 0 unspecified atom stereocenters. The Kier molecular flexibility index (Phi) is 10.1. The SMILES string of the molecule is CO[C@@H](c1ncc(F)cn1)[C@@H](C)S(N)(=O)=O.CO[C@H](c1ncc(F)cn1)[C@H](C)S(N)(=O)=O. The van der Waals surface area contributed by atoms with Crippen LogP contribution in [0.1, 0.15) is 37.7 Å². The molecule has 0 saturated carbocycles. The van der Waals surface area contributed by atoms with Crippen molar-refractivity contribution >= 4 is 20.0 Å². The Morgan fingerprint density at radius 2 is 0.969 bits per heavy atom. The summed E-state index contributed by atoms with van der Waals surface area (Å²) in [6.07, 6.45) is 1.90. The largest absolute Gasteiger partial charge is 0.372 e. The number of primary sulfonamides is 2. The summed E-state index contributed by atoms with van der Waals surface area (Å²) in [6, 6.07) is 0. The highest BCUT2D eigenvalue weighted by Crippen LogP contribution is 2.21. The summed E-state index contributed by atoms with van der Waals surface area (Å²) < 4.78 is 79.6. The van der Waals surface area contributed by atoms with Crippen LogP contribution < -0.4 is 10.3 Å². The third kappa shape index (κ3) is 8.03. The molecule has 180 valence electrons. The molecule has 0 radical (unpaired) electrons. The van der Waals surface area contributed by atoms with Gasteiger partial charge in [0.15, 0.2) is 23.3 Å². The predicted molar refractivity (Wildman–Crippen MR) is 109 cm³/mol. The highest BCUT2D eigenvalue weighted by atomic mass is 32.2. The normalized spacial score (nSPS) is 15.8. The molecule has 2 aromatic heterocycles. The molecule has 0 aromatic carbocycles. The molecular formula is C16H24F2N6O6S2. The van der Waals surface area contributed by atoms with Crippen LogP contribution in [0, 0.1) is 11.6 Å². The first kappa shape index (κ1) is 27.8. The maximum absolute atomic E-state index is 12.6. The molecule has 0 aliphatic heterocycles. The summed E-state index contributed by atoms with van der Waals surface area (Å²) >= 11 is 0. The van der Waals surface area contributed by atoms with Crippen molar-refractivity contribution in [1.82, 2.24) is 19.9 Å². The van der Waals surface area contributed by atoms with E-state index in [9.17, 15) is 25.6 Å². The van der Waals surface area contributed by atoms with Crippen molar-refractivity contribution in [1.29, 1.82) is 0 Å². The molecule has 2 rings (SSSR count). The lowest BCUT2D eigenvalue weighted by Gasteiger charge is -2.19. The molecule has 0 aliphatic carbocycles. The topological polar surface area (TPSA) is 190 Å². The van der Waals surface area contributed by atoms with Gasteiger partial charge in [0.2, 0.25) is 20.0 Å². The van der Waals surface area contributed by atoms with Crippen molar-refractivity contribution in [3.63, 3.8) is 0 Å². The van der Waals surface area contributed by atoms with Crippen molar-refractivity contribution in [2.75, 3.05) is 14.2 Å². The molecule has 16 heteroatoms. The van der Waals surface area contributed by atoms with Gasteiger partial charge in [-0.3, -0.25) is 0 Å². The van der Waals surface area contributed by atoms with Gasteiger partial charge in [-0.15, -0.1) is 0 Å². The number of methoxy groups -OCH3 is 2. The smallest absolute Gasteiger partial charge is 0.214 e. The summed E-state index contributed by atoms with van der Waals surface area (Å²) in [4.78, 5) is 14.6. The second-order valence-corrected chi connectivity index (χ2v) is 10.3. The van der Waals surface area contributed by atoms with Gasteiger partial charge < -0.3 is 9.47 Å². The molecule has 12 nitrogen and oxygen atoms in total. The van der Waals surface area contributed by atoms with Gasteiger partial charge in [0.1, 0.15) is 22.7 Å². The predicted octanol–water partition coefficient (Wildman–Crippen LogP) is -0.0396. The highest BCUT2D eigenvalue weighted by molar-refractivity contribution is 7.90. The lowest BCUT2D eigenvalue weighted by molar-refractivity contribution is 0.0946. The van der Waals surface area contributed by atoms with E-state index in [4.69, 9.17) is 19.8 Å². The molecule has 32 heavy (non-hydrogen) atoms. The Labute approximate surface area is 184 Å². The summed E-state index contributed by atoms with van der Waals surface area (Å²) in [5.41, 5.74) is 0. The Bertz CT molecular complexity index is 984. The average molecular weight is 499 g/mol. The third-order valence-corrected chi connectivity index (χ3v) is 6.75. The van der Waals surface area contributed by atoms with Crippen LogP contribution in [0.2, 0.25) is 0 Å². The standard InChI is InChI=1S/2C8H12FN3O3S/c2*1-5(16(10,13)14)7(15-2)8-11-3-6(9)4-12-8/h2*3-5,7H,1-2H3,(H2,10,13,14)/t2*5-,7-/m10/s1. The van der Waals surface area contributed by atoms with Gasteiger partial charge in [0.25, 0.3) is 0 Å². The van der Waals surface area contributed by atoms with Crippen LogP contribution in [0.4, 0.5) is 8.78 Å². The maximum atomic E-state index is 12.6. The Morgan fingerprint density at radius 3 is 1.16 bits per heavy atom. The maximum Gasteiger partial charge on any atom is 0.214 e. The van der Waals surface area contributed by atoms with E-state index in [2.05, 4.69) is 19.9 Å². The van der Waals surface area contributed by atoms with Gasteiger partial charge in [-0.05, 0) is 13.8 Å². The van der Waals surface area contributed by atoms with E-state index in [0.717, 1.165) is 24.8 Å². The number of nitrogens with zero attached hydrogens (tertiary/aromatic N) is 4. The van der Waals surface area contributed by atoms with Crippen LogP contribution in [0.5, 0.6) is 0 Å². The highest BCUT2D eigenvalue weighted by Gasteiger charge is 2.31. The van der Waals surface area contributed by atoms with Crippen molar-refractivity contribution in [3.05, 3.63) is 48.1 Å². The summed E-state index contributed by atoms with van der Waals surface area (Å²) in [7, 11) is -4.93. The molecular weight excluding hydrogens is 474 g/mol. The van der Waals surface area contributed by atoms with Gasteiger partial charge in [0.05, 0.1) is 24.8 Å². The number of rotatable bonds is 8. The number of aromatic nitrogens is 4. The van der Waals surface area contributed by atoms with E-state index in [0.29, 0.717) is 0 Å². The summed E-state index contributed by atoms with van der Waals surface area (Å²) in [6.45, 7) is 2.74. The number of hydrogen-bond donors (Lipinski definition) is 2. The van der Waals surface area contributed by atoms with E-state index < -0.39 is 54.4 Å². The zero-order valence-corrected chi connectivity index (χ0v) is 19.2. The van der Waals surface area contributed by atoms with Crippen LogP contribution in [-0.4, -0.2) is 61.5 Å². The van der Waals surface area contributed by atoms with Gasteiger partial charge in [-0.25, -0.2) is 55.8 Å². The van der Waals surface area contributed by atoms with Crippen LogP contribution in [-0.2, 0) is 29.5 Å². The fraction of sp³-hybridized carbons (Fsp3) is 0.500. The second-order valence-electron chi connectivity index (χ2n) is 6.42. The van der Waals surface area contributed by atoms with Crippen molar-refractivity contribution in [3.8, 4) is 0 Å². The number of ether oxygens (including phenoxy) is 2. The monoisotopic (exact) mass is 498 g/mol. The molecule has 0 amide bonds. The number of nitrogens with two attached hydrogens (primary N) is 2. The molecule has 0 saturated heterocycles. The first-order chi connectivity index (χ1) is 14.7. The summed E-state index contributed by atoms with van der Waals surface area (Å²) in [5.74, 6) is -1.07. The first-order valence-electron chi connectivity index (χ1n) is 8.76. The van der Waals surface area contributed by atoms with Gasteiger partial charge >= 0.3 is 0 Å². The zero-order valence-electron chi connectivity index (χ0n) is 17.6. The van der Waals surface area contributed by atoms with E-state index in [1.165, 1.54) is 28.1 Å². The van der Waals surface area contributed by atoms with E-state index in [1.807, 2.05) is 0 Å².